The van der Waals surface area contributed by atoms with Gasteiger partial charge in [0, 0.05) is 33.8 Å². The number of Topliss-reactive ketones (excluding diaryl/α,β-unsaturated/α-hetero) is 1. The van der Waals surface area contributed by atoms with Crippen molar-refractivity contribution in [1.29, 1.82) is 0 Å². The largest absolute Gasteiger partial charge is 0.462 e. The summed E-state index contributed by atoms with van der Waals surface area (Å²) in [6, 6.07) is 13.9. The minimum absolute atomic E-state index is 0.118. The number of hydrogen-bond acceptors (Lipinski definition) is 6. The number of anilines is 1. The number of fused-ring (bicyclic) bond motifs is 1. The van der Waals surface area contributed by atoms with Gasteiger partial charge in [-0.1, -0.05) is 0 Å². The predicted octanol–water partition coefficient (Wildman–Crippen LogP) is 5.90. The van der Waals surface area contributed by atoms with Crippen molar-refractivity contribution in [3.8, 4) is 11.3 Å². The van der Waals surface area contributed by atoms with Crippen LogP contribution in [-0.2, 0) is 4.74 Å². The van der Waals surface area contributed by atoms with Crippen molar-refractivity contribution in [3.05, 3.63) is 89.0 Å². The Morgan fingerprint density at radius 1 is 1.03 bits per heavy atom. The summed E-state index contributed by atoms with van der Waals surface area (Å²) in [5.74, 6) is -1.57. The van der Waals surface area contributed by atoms with Crippen LogP contribution in [0.1, 0.15) is 46.2 Å². The van der Waals surface area contributed by atoms with Crippen LogP contribution < -0.4 is 5.32 Å². The Balaban J connectivity index is 1.77. The van der Waals surface area contributed by atoms with Gasteiger partial charge in [0.05, 0.1) is 19.3 Å². The molecule has 2 N–H and O–H groups in total. The van der Waals surface area contributed by atoms with E-state index in [4.69, 9.17) is 9.15 Å². The van der Waals surface area contributed by atoms with Crippen molar-refractivity contribution < 1.29 is 32.6 Å². The van der Waals surface area contributed by atoms with Crippen LogP contribution in [0, 0.1) is 11.6 Å². The average molecular weight is 479 g/mol. The lowest BCUT2D eigenvalue weighted by Gasteiger charge is -2.14. The van der Waals surface area contributed by atoms with Crippen LogP contribution in [0.5, 0.6) is 0 Å². The molecule has 0 amide bonds. The van der Waals surface area contributed by atoms with E-state index in [9.17, 15) is 23.5 Å². The van der Waals surface area contributed by atoms with E-state index in [0.29, 0.717) is 33.3 Å². The molecule has 1 unspecified atom stereocenters. The molecule has 35 heavy (non-hydrogen) atoms. The van der Waals surface area contributed by atoms with E-state index in [0.717, 1.165) is 0 Å². The molecule has 8 heteroatoms. The van der Waals surface area contributed by atoms with E-state index < -0.39 is 23.7 Å². The normalized spacial score (nSPS) is 11.9. The van der Waals surface area contributed by atoms with E-state index in [1.54, 1.807) is 26.0 Å². The van der Waals surface area contributed by atoms with Crippen LogP contribution in [-0.4, -0.2) is 30.0 Å². The average Bonchev–Trinajstić information content (AvgIpc) is 3.21. The lowest BCUT2D eigenvalue weighted by atomic mass is 10.0. The number of esters is 1. The quantitative estimate of drug-likeness (QED) is 0.242. The van der Waals surface area contributed by atoms with E-state index in [-0.39, 0.29) is 30.3 Å². The number of hydrogen-bond donors (Lipinski definition) is 2. The van der Waals surface area contributed by atoms with E-state index in [1.165, 1.54) is 48.5 Å². The molecule has 0 spiro atoms. The third-order valence-electron chi connectivity index (χ3n) is 5.50. The smallest absolute Gasteiger partial charge is 0.342 e. The molecule has 180 valence electrons. The number of carbonyl (C=O) groups is 2. The zero-order valence-corrected chi connectivity index (χ0v) is 19.1. The third kappa shape index (κ3) is 5.07. The Kier molecular flexibility index (Phi) is 6.93. The molecule has 0 saturated carbocycles. The number of carbonyl (C=O) groups excluding carboxylic acids is 2. The fraction of sp³-hybridized carbons (Fsp3) is 0.185. The molecular formula is C27H23F2NO5. The Labute approximate surface area is 200 Å². The first-order valence-corrected chi connectivity index (χ1v) is 11.0. The van der Waals surface area contributed by atoms with Crippen molar-refractivity contribution in [1.82, 2.24) is 0 Å². The number of nitrogens with one attached hydrogen (secondary N) is 1. The molecule has 0 saturated heterocycles. The second kappa shape index (κ2) is 10.1. The van der Waals surface area contributed by atoms with Crippen LogP contribution in [0.15, 0.2) is 65.1 Å². The second-order valence-corrected chi connectivity index (χ2v) is 7.93. The molecule has 1 atom stereocenters. The monoisotopic (exact) mass is 479 g/mol. The molecule has 1 aromatic heterocycles. The van der Waals surface area contributed by atoms with Gasteiger partial charge < -0.3 is 19.6 Å². The number of benzene rings is 3. The number of ether oxygens (including phenoxy) is 1. The van der Waals surface area contributed by atoms with E-state index in [1.807, 2.05) is 0 Å². The summed E-state index contributed by atoms with van der Waals surface area (Å²) in [5, 5.41) is 13.8. The van der Waals surface area contributed by atoms with Gasteiger partial charge in [0.2, 0.25) is 0 Å². The molecule has 0 aliphatic carbocycles. The molecule has 6 nitrogen and oxygen atoms in total. The molecule has 4 aromatic rings. The zero-order valence-electron chi connectivity index (χ0n) is 19.1. The minimum atomic E-state index is -0.943. The summed E-state index contributed by atoms with van der Waals surface area (Å²) in [7, 11) is 0. The van der Waals surface area contributed by atoms with Gasteiger partial charge in [-0.05, 0) is 68.4 Å². The molecule has 0 aliphatic heterocycles. The summed E-state index contributed by atoms with van der Waals surface area (Å²) in [6.45, 7) is 3.26. The first-order chi connectivity index (χ1) is 16.8. The molecular weight excluding hydrogens is 456 g/mol. The number of aliphatic hydroxyl groups excluding tert-OH is 1. The fourth-order valence-electron chi connectivity index (χ4n) is 3.78. The number of ketones is 1. The predicted molar refractivity (Wildman–Crippen MR) is 127 cm³/mol. The fourth-order valence-corrected chi connectivity index (χ4v) is 3.78. The van der Waals surface area contributed by atoms with Crippen LogP contribution in [0.3, 0.4) is 0 Å². The minimum Gasteiger partial charge on any atom is -0.462 e. The van der Waals surface area contributed by atoms with Gasteiger partial charge in [-0.15, -0.1) is 0 Å². The number of halogens is 2. The van der Waals surface area contributed by atoms with Gasteiger partial charge >= 0.3 is 5.97 Å². The Hall–Kier alpha value is -4.04. The van der Waals surface area contributed by atoms with Crippen LogP contribution in [0.4, 0.5) is 14.5 Å². The number of furan rings is 1. The molecule has 1 heterocycles. The third-order valence-corrected chi connectivity index (χ3v) is 5.50. The van der Waals surface area contributed by atoms with Gasteiger partial charge in [0.15, 0.2) is 5.78 Å². The summed E-state index contributed by atoms with van der Waals surface area (Å²) < 4.78 is 37.9. The summed E-state index contributed by atoms with van der Waals surface area (Å²) in [4.78, 5) is 25.4. The van der Waals surface area contributed by atoms with Crippen molar-refractivity contribution in [2.45, 2.75) is 20.0 Å². The van der Waals surface area contributed by atoms with Crippen LogP contribution in [0.25, 0.3) is 22.3 Å². The Bertz CT molecular complexity index is 1380. The molecule has 3 aromatic carbocycles. The summed E-state index contributed by atoms with van der Waals surface area (Å²) in [6.07, 6.45) is -0.943. The first kappa shape index (κ1) is 24.1. The summed E-state index contributed by atoms with van der Waals surface area (Å²) in [5.41, 5.74) is 2.14. The number of rotatable bonds is 8. The summed E-state index contributed by atoms with van der Waals surface area (Å²) >= 11 is 0. The standard InChI is InChI=1S/C27H23F2NO5/c1-3-34-27(33)25-21-12-20(15(2)31)22(30-14-23(32)16-4-8-18(28)9-5-16)13-24(21)35-26(25)17-6-10-19(29)11-7-17/h4-13,15,30-31H,3,14H2,1-2H3. The van der Waals surface area contributed by atoms with Crippen molar-refractivity contribution in [3.63, 3.8) is 0 Å². The highest BCUT2D eigenvalue weighted by Crippen LogP contribution is 2.38. The molecule has 4 rings (SSSR count). The SMILES string of the molecule is CCOC(=O)c1c(-c2ccc(F)cc2)oc2cc(NCC(=O)c3ccc(F)cc3)c(C(C)O)cc12. The van der Waals surface area contributed by atoms with Crippen LogP contribution in [0.2, 0.25) is 0 Å². The molecule has 0 bridgehead atoms. The molecule has 0 fully saturated rings. The van der Waals surface area contributed by atoms with Gasteiger partial charge in [-0.3, -0.25) is 4.79 Å². The van der Waals surface area contributed by atoms with E-state index in [2.05, 4.69) is 5.32 Å². The molecule has 0 aliphatic rings. The van der Waals surface area contributed by atoms with Crippen molar-refractivity contribution in [2.75, 3.05) is 18.5 Å². The van der Waals surface area contributed by atoms with Crippen molar-refractivity contribution in [2.24, 2.45) is 0 Å². The maximum Gasteiger partial charge on any atom is 0.342 e. The van der Waals surface area contributed by atoms with E-state index >= 15 is 0 Å². The van der Waals surface area contributed by atoms with Gasteiger partial charge in [0.25, 0.3) is 0 Å². The number of aliphatic hydroxyl groups is 1. The lowest BCUT2D eigenvalue weighted by molar-refractivity contribution is 0.0528. The zero-order chi connectivity index (χ0) is 25.1. The maximum atomic E-state index is 13.5. The van der Waals surface area contributed by atoms with Crippen LogP contribution >= 0.6 is 0 Å². The van der Waals surface area contributed by atoms with Gasteiger partial charge in [-0.25, -0.2) is 13.6 Å². The first-order valence-electron chi connectivity index (χ1n) is 11.0. The maximum absolute atomic E-state index is 13.5. The van der Waals surface area contributed by atoms with Crippen molar-refractivity contribution >= 4 is 28.4 Å². The topological polar surface area (TPSA) is 88.8 Å². The Morgan fingerprint density at radius 2 is 1.66 bits per heavy atom. The highest BCUT2D eigenvalue weighted by Gasteiger charge is 2.25. The van der Waals surface area contributed by atoms with Gasteiger partial charge in [0.1, 0.15) is 28.5 Å². The van der Waals surface area contributed by atoms with Gasteiger partial charge in [-0.2, -0.15) is 0 Å². The lowest BCUT2D eigenvalue weighted by Crippen LogP contribution is -2.15. The Morgan fingerprint density at radius 3 is 2.26 bits per heavy atom. The highest BCUT2D eigenvalue weighted by atomic mass is 19.1. The highest BCUT2D eigenvalue weighted by molar-refractivity contribution is 6.09. The molecule has 0 radical (unpaired) electrons. The second-order valence-electron chi connectivity index (χ2n) is 7.93.